The van der Waals surface area contributed by atoms with Crippen molar-refractivity contribution in [2.24, 2.45) is 0 Å². The van der Waals surface area contributed by atoms with Gasteiger partial charge >= 0.3 is 0 Å². The Labute approximate surface area is 158 Å². The molecular weight excluding hydrogens is 349 g/mol. The maximum atomic E-state index is 15.3. The summed E-state index contributed by atoms with van der Waals surface area (Å²) < 4.78 is 20.7. The van der Waals surface area contributed by atoms with Crippen molar-refractivity contribution in [1.29, 1.82) is 0 Å². The number of methoxy groups -OCH3 is 1. The van der Waals surface area contributed by atoms with Gasteiger partial charge < -0.3 is 9.64 Å². The molecule has 0 heterocycles. The molecule has 3 aromatic rings. The highest BCUT2D eigenvalue weighted by atomic mass is 35.5. The van der Waals surface area contributed by atoms with Gasteiger partial charge in [-0.15, -0.1) is 0 Å². The monoisotopic (exact) mass is 369 g/mol. The number of hydrogen-bond acceptors (Lipinski definition) is 2. The maximum absolute atomic E-state index is 15.3. The van der Waals surface area contributed by atoms with Gasteiger partial charge in [0.25, 0.3) is 0 Å². The second kappa shape index (κ2) is 7.79. The molecule has 3 rings (SSSR count). The van der Waals surface area contributed by atoms with Gasteiger partial charge in [-0.05, 0) is 47.0 Å². The molecule has 0 radical (unpaired) electrons. The Morgan fingerprint density at radius 2 is 1.73 bits per heavy atom. The molecule has 0 N–H and O–H groups in total. The van der Waals surface area contributed by atoms with E-state index in [9.17, 15) is 0 Å². The van der Waals surface area contributed by atoms with Gasteiger partial charge in [0.15, 0.2) is 0 Å². The molecule has 0 spiro atoms. The fourth-order valence-electron chi connectivity index (χ4n) is 2.95. The van der Waals surface area contributed by atoms with Crippen LogP contribution in [0.2, 0.25) is 5.02 Å². The molecule has 2 nitrogen and oxygen atoms in total. The first-order valence-electron chi connectivity index (χ1n) is 8.37. The summed E-state index contributed by atoms with van der Waals surface area (Å²) in [4.78, 5) is 2.04. The van der Waals surface area contributed by atoms with Gasteiger partial charge in [-0.3, -0.25) is 0 Å². The topological polar surface area (TPSA) is 12.5 Å². The molecule has 0 fully saturated rings. The van der Waals surface area contributed by atoms with Crippen LogP contribution in [0, 0.1) is 5.82 Å². The van der Waals surface area contributed by atoms with Crippen LogP contribution in [0.4, 0.5) is 10.1 Å². The van der Waals surface area contributed by atoms with E-state index in [1.54, 1.807) is 25.3 Å². The van der Waals surface area contributed by atoms with E-state index in [0.29, 0.717) is 33.9 Å². The van der Waals surface area contributed by atoms with E-state index in [1.807, 2.05) is 61.5 Å². The standard InChI is InChI=1S/C22H21ClFNO/c1-25(2)19-10-7-15(8-11-19)13-17-9-12-20(26-3)21(22(17)24)16-5-4-6-18(23)14-16/h4-12,14H,13H2,1-3H3. The molecule has 0 atom stereocenters. The average molecular weight is 370 g/mol. The van der Waals surface area contributed by atoms with Crippen molar-refractivity contribution in [2.75, 3.05) is 26.1 Å². The number of nitrogens with zero attached hydrogens (tertiary/aromatic N) is 1. The number of benzene rings is 3. The van der Waals surface area contributed by atoms with E-state index in [-0.39, 0.29) is 5.82 Å². The molecule has 4 heteroatoms. The highest BCUT2D eigenvalue weighted by Crippen LogP contribution is 2.36. The first-order chi connectivity index (χ1) is 12.5. The Balaban J connectivity index is 2.00. The average Bonchev–Trinajstić information content (AvgIpc) is 2.63. The molecule has 0 saturated heterocycles. The number of halogens is 2. The first kappa shape index (κ1) is 18.3. The largest absolute Gasteiger partial charge is 0.496 e. The van der Waals surface area contributed by atoms with Crippen LogP contribution in [0.1, 0.15) is 11.1 Å². The van der Waals surface area contributed by atoms with Crippen LogP contribution in [-0.2, 0) is 6.42 Å². The summed E-state index contributed by atoms with van der Waals surface area (Å²) in [5, 5.41) is 0.564. The Morgan fingerprint density at radius 1 is 1.00 bits per heavy atom. The molecule has 0 aromatic heterocycles. The quantitative estimate of drug-likeness (QED) is 0.562. The molecule has 0 unspecified atom stereocenters. The summed E-state index contributed by atoms with van der Waals surface area (Å²) in [6, 6.07) is 18.9. The van der Waals surface area contributed by atoms with E-state index >= 15 is 4.39 Å². The van der Waals surface area contributed by atoms with Gasteiger partial charge in [0.2, 0.25) is 0 Å². The van der Waals surface area contributed by atoms with Crippen molar-refractivity contribution in [3.05, 3.63) is 82.6 Å². The van der Waals surface area contributed by atoms with Crippen LogP contribution in [0.5, 0.6) is 5.75 Å². The van der Waals surface area contributed by atoms with Crippen molar-refractivity contribution in [1.82, 2.24) is 0 Å². The first-order valence-corrected chi connectivity index (χ1v) is 8.75. The van der Waals surface area contributed by atoms with Gasteiger partial charge in [0.05, 0.1) is 12.7 Å². The number of ether oxygens (including phenoxy) is 1. The van der Waals surface area contributed by atoms with E-state index in [0.717, 1.165) is 11.3 Å². The van der Waals surface area contributed by atoms with E-state index < -0.39 is 0 Å². The van der Waals surface area contributed by atoms with E-state index in [2.05, 4.69) is 0 Å². The number of hydrogen-bond donors (Lipinski definition) is 0. The van der Waals surface area contributed by atoms with Crippen molar-refractivity contribution in [2.45, 2.75) is 6.42 Å². The smallest absolute Gasteiger partial charge is 0.138 e. The fourth-order valence-corrected chi connectivity index (χ4v) is 3.14. The number of rotatable bonds is 5. The van der Waals surface area contributed by atoms with E-state index in [4.69, 9.17) is 16.3 Å². The lowest BCUT2D eigenvalue weighted by atomic mass is 9.97. The molecular formula is C22H21ClFNO. The van der Waals surface area contributed by atoms with Crippen molar-refractivity contribution >= 4 is 17.3 Å². The predicted molar refractivity (Wildman–Crippen MR) is 107 cm³/mol. The third-order valence-corrected chi connectivity index (χ3v) is 4.60. The van der Waals surface area contributed by atoms with Crippen LogP contribution in [0.3, 0.4) is 0 Å². The van der Waals surface area contributed by atoms with Crippen molar-refractivity contribution in [3.8, 4) is 16.9 Å². The van der Waals surface area contributed by atoms with Gasteiger partial charge in [-0.1, -0.05) is 41.9 Å². The predicted octanol–water partition coefficient (Wildman–Crippen LogP) is 5.81. The summed E-state index contributed by atoms with van der Waals surface area (Å²) >= 11 is 6.09. The molecule has 134 valence electrons. The minimum absolute atomic E-state index is 0.275. The molecule has 0 aliphatic heterocycles. The molecule has 0 aliphatic carbocycles. The Kier molecular flexibility index (Phi) is 5.48. The lowest BCUT2D eigenvalue weighted by Gasteiger charge is -2.15. The second-order valence-electron chi connectivity index (χ2n) is 6.36. The molecule has 0 saturated carbocycles. The molecule has 0 bridgehead atoms. The van der Waals surface area contributed by atoms with Gasteiger partial charge in [0.1, 0.15) is 11.6 Å². The Hall–Kier alpha value is -2.52. The second-order valence-corrected chi connectivity index (χ2v) is 6.80. The van der Waals surface area contributed by atoms with Gasteiger partial charge in [-0.25, -0.2) is 4.39 Å². The molecule has 0 amide bonds. The molecule has 3 aromatic carbocycles. The zero-order valence-electron chi connectivity index (χ0n) is 15.1. The summed E-state index contributed by atoms with van der Waals surface area (Å²) in [5.41, 5.74) is 3.94. The maximum Gasteiger partial charge on any atom is 0.138 e. The third kappa shape index (κ3) is 3.83. The zero-order chi connectivity index (χ0) is 18.7. The van der Waals surface area contributed by atoms with Gasteiger partial charge in [0, 0.05) is 31.2 Å². The van der Waals surface area contributed by atoms with Crippen LogP contribution in [0.25, 0.3) is 11.1 Å². The number of anilines is 1. The Bertz CT molecular complexity index is 907. The SMILES string of the molecule is COc1ccc(Cc2ccc(N(C)C)cc2)c(F)c1-c1cccc(Cl)c1. The summed E-state index contributed by atoms with van der Waals surface area (Å²) in [5.74, 6) is 0.222. The van der Waals surface area contributed by atoms with Crippen LogP contribution < -0.4 is 9.64 Å². The molecule has 26 heavy (non-hydrogen) atoms. The molecule has 0 aliphatic rings. The summed E-state index contributed by atoms with van der Waals surface area (Å²) in [6.45, 7) is 0. The summed E-state index contributed by atoms with van der Waals surface area (Å²) in [7, 11) is 5.54. The lowest BCUT2D eigenvalue weighted by Crippen LogP contribution is -2.08. The highest BCUT2D eigenvalue weighted by molar-refractivity contribution is 6.30. The third-order valence-electron chi connectivity index (χ3n) is 4.36. The normalized spacial score (nSPS) is 10.7. The van der Waals surface area contributed by atoms with Crippen LogP contribution in [0.15, 0.2) is 60.7 Å². The van der Waals surface area contributed by atoms with Crippen LogP contribution >= 0.6 is 11.6 Å². The van der Waals surface area contributed by atoms with Crippen molar-refractivity contribution < 1.29 is 9.13 Å². The zero-order valence-corrected chi connectivity index (χ0v) is 15.8. The van der Waals surface area contributed by atoms with E-state index in [1.165, 1.54) is 0 Å². The van der Waals surface area contributed by atoms with Crippen LogP contribution in [-0.4, -0.2) is 21.2 Å². The summed E-state index contributed by atoms with van der Waals surface area (Å²) in [6.07, 6.45) is 0.511. The minimum atomic E-state index is -0.275. The fraction of sp³-hybridized carbons (Fsp3) is 0.182. The van der Waals surface area contributed by atoms with Gasteiger partial charge in [-0.2, -0.15) is 0 Å². The lowest BCUT2D eigenvalue weighted by molar-refractivity contribution is 0.413. The Morgan fingerprint density at radius 3 is 2.35 bits per heavy atom. The van der Waals surface area contributed by atoms with Crippen molar-refractivity contribution in [3.63, 3.8) is 0 Å². The minimum Gasteiger partial charge on any atom is -0.496 e. The highest BCUT2D eigenvalue weighted by Gasteiger charge is 2.16.